The van der Waals surface area contributed by atoms with Crippen LogP contribution in [0.2, 0.25) is 0 Å². The van der Waals surface area contributed by atoms with Gasteiger partial charge in [0.25, 0.3) is 0 Å². The molecule has 0 saturated carbocycles. The first kappa shape index (κ1) is 11.2. The lowest BCUT2D eigenvalue weighted by Crippen LogP contribution is -2.52. The molecule has 1 aliphatic rings. The van der Waals surface area contributed by atoms with E-state index in [1.807, 2.05) is 0 Å². The van der Waals surface area contributed by atoms with Crippen molar-refractivity contribution >= 4 is 0 Å². The fourth-order valence-electron chi connectivity index (χ4n) is 1.13. The van der Waals surface area contributed by atoms with Gasteiger partial charge in [-0.2, -0.15) is 0 Å². The topological polar surface area (TPSA) is 127 Å². The van der Waals surface area contributed by atoms with E-state index in [9.17, 15) is 14.7 Å². The van der Waals surface area contributed by atoms with Gasteiger partial charge >= 0.3 is 0 Å². The highest BCUT2D eigenvalue weighted by atomic mass is 16.3. The molecule has 84 valence electrons. The van der Waals surface area contributed by atoms with Gasteiger partial charge in [-0.15, -0.1) is 14.7 Å². The number of hydrogen-bond acceptors (Lipinski definition) is 8. The Labute approximate surface area is 84.2 Å². The number of nitrogens with zero attached hydrogens (tertiary/aromatic N) is 7. The van der Waals surface area contributed by atoms with Crippen LogP contribution in [0.3, 0.4) is 0 Å². The van der Waals surface area contributed by atoms with Crippen molar-refractivity contribution in [3.8, 4) is 0 Å². The molecular formula is C4H10N8O3. The van der Waals surface area contributed by atoms with Crippen LogP contribution in [0.5, 0.6) is 0 Å². The molecule has 2 N–H and O–H groups in total. The molecule has 11 heteroatoms. The smallest absolute Gasteiger partial charge is 0.133 e. The Morgan fingerprint density at radius 2 is 1.07 bits per heavy atom. The molecule has 0 aromatic rings. The van der Waals surface area contributed by atoms with Crippen molar-refractivity contribution in [3.05, 3.63) is 14.7 Å². The second kappa shape index (κ2) is 5.11. The van der Waals surface area contributed by atoms with Gasteiger partial charge < -0.3 is 0 Å². The zero-order valence-electron chi connectivity index (χ0n) is 7.76. The summed E-state index contributed by atoms with van der Waals surface area (Å²) in [6, 6.07) is 0. The largest absolute Gasteiger partial charge is 0.265 e. The van der Waals surface area contributed by atoms with Crippen LogP contribution in [-0.4, -0.2) is 46.7 Å². The van der Waals surface area contributed by atoms with E-state index in [1.165, 1.54) is 0 Å². The van der Waals surface area contributed by atoms with Gasteiger partial charge in [0.05, 0.1) is 15.9 Å². The standard InChI is InChI=1S/C4H10N8O3/c5-9-1-10(6-13)3-12(8-15)4-11(2-9)7-14/h1-5H2. The minimum absolute atomic E-state index is 0.0263. The van der Waals surface area contributed by atoms with Crippen molar-refractivity contribution in [1.29, 1.82) is 0 Å². The molecule has 0 aromatic heterocycles. The molecule has 0 unspecified atom stereocenters. The van der Waals surface area contributed by atoms with Gasteiger partial charge in [-0.1, -0.05) is 0 Å². The summed E-state index contributed by atoms with van der Waals surface area (Å²) in [4.78, 5) is 30.9. The first-order valence-corrected chi connectivity index (χ1v) is 3.94. The summed E-state index contributed by atoms with van der Waals surface area (Å²) in [5.41, 5.74) is 0. The van der Waals surface area contributed by atoms with Crippen LogP contribution in [0.15, 0.2) is 15.9 Å². The molecule has 0 spiro atoms. The second-order valence-corrected chi connectivity index (χ2v) is 2.92. The first-order chi connectivity index (χ1) is 7.19. The quantitative estimate of drug-likeness (QED) is 0.469. The minimum atomic E-state index is -0.146. The van der Waals surface area contributed by atoms with Crippen molar-refractivity contribution in [2.75, 3.05) is 26.7 Å². The molecule has 0 bridgehead atoms. The third kappa shape index (κ3) is 3.07. The van der Waals surface area contributed by atoms with Crippen molar-refractivity contribution < 1.29 is 0 Å². The molecule has 1 fully saturated rings. The Morgan fingerprint density at radius 3 is 1.40 bits per heavy atom. The van der Waals surface area contributed by atoms with E-state index in [1.54, 1.807) is 0 Å². The molecular weight excluding hydrogens is 208 g/mol. The molecule has 0 aromatic carbocycles. The van der Waals surface area contributed by atoms with E-state index >= 15 is 0 Å². The Hall–Kier alpha value is -1.88. The highest BCUT2D eigenvalue weighted by Crippen LogP contribution is 2.04. The zero-order chi connectivity index (χ0) is 11.3. The zero-order valence-corrected chi connectivity index (χ0v) is 7.76. The second-order valence-electron chi connectivity index (χ2n) is 2.92. The monoisotopic (exact) mass is 218 g/mol. The van der Waals surface area contributed by atoms with Crippen LogP contribution >= 0.6 is 0 Å². The molecule has 0 amide bonds. The van der Waals surface area contributed by atoms with E-state index in [-0.39, 0.29) is 26.7 Å². The number of hydrogen-bond donors (Lipinski definition) is 1. The predicted molar refractivity (Wildman–Crippen MR) is 48.4 cm³/mol. The van der Waals surface area contributed by atoms with E-state index in [2.05, 4.69) is 15.9 Å². The van der Waals surface area contributed by atoms with Gasteiger partial charge in [-0.05, 0) is 0 Å². The highest BCUT2D eigenvalue weighted by Gasteiger charge is 2.21. The maximum absolute atomic E-state index is 10.3. The molecule has 0 radical (unpaired) electrons. The number of nitrogens with two attached hydrogens (primary N) is 1. The van der Waals surface area contributed by atoms with Crippen LogP contribution in [0.1, 0.15) is 0 Å². The molecule has 11 nitrogen and oxygen atoms in total. The fraction of sp³-hybridized carbons (Fsp3) is 1.00. The molecule has 0 aliphatic carbocycles. The van der Waals surface area contributed by atoms with Gasteiger partial charge in [-0.25, -0.2) is 20.0 Å². The summed E-state index contributed by atoms with van der Waals surface area (Å²) >= 11 is 0. The van der Waals surface area contributed by atoms with Gasteiger partial charge in [0.2, 0.25) is 0 Å². The molecule has 0 atom stereocenters. The lowest BCUT2D eigenvalue weighted by Gasteiger charge is -2.32. The van der Waals surface area contributed by atoms with E-state index in [0.29, 0.717) is 0 Å². The van der Waals surface area contributed by atoms with Crippen molar-refractivity contribution in [2.24, 2.45) is 21.7 Å². The van der Waals surface area contributed by atoms with Crippen LogP contribution in [-0.2, 0) is 0 Å². The van der Waals surface area contributed by atoms with Gasteiger partial charge in [-0.3, -0.25) is 5.84 Å². The summed E-state index contributed by atoms with van der Waals surface area (Å²) in [6.07, 6.45) is 0. The third-order valence-corrected chi connectivity index (χ3v) is 1.69. The molecule has 1 saturated heterocycles. The van der Waals surface area contributed by atoms with Crippen LogP contribution in [0, 0.1) is 14.7 Å². The average Bonchev–Trinajstić information content (AvgIpc) is 2.22. The minimum Gasteiger partial charge on any atom is -0.265 e. The summed E-state index contributed by atoms with van der Waals surface area (Å²) in [6.45, 7) is -0.345. The lowest BCUT2D eigenvalue weighted by molar-refractivity contribution is -0.0299. The summed E-state index contributed by atoms with van der Waals surface area (Å²) < 4.78 is 0. The van der Waals surface area contributed by atoms with Crippen molar-refractivity contribution in [2.45, 2.75) is 0 Å². The molecule has 1 aliphatic heterocycles. The first-order valence-electron chi connectivity index (χ1n) is 3.94. The normalized spacial score (nSPS) is 19.4. The maximum Gasteiger partial charge on any atom is 0.133 e. The molecule has 1 rings (SSSR count). The maximum atomic E-state index is 10.3. The SMILES string of the molecule is NN1CN(N=O)CN(N=O)CN(N=O)C1. The Balaban J connectivity index is 2.68. The number of rotatable bonds is 3. The Kier molecular flexibility index (Phi) is 3.82. The Bertz CT molecular complexity index is 228. The predicted octanol–water partition coefficient (Wildman–Crippen LogP) is -1.04. The molecule has 1 heterocycles. The van der Waals surface area contributed by atoms with Gasteiger partial charge in [0.15, 0.2) is 0 Å². The van der Waals surface area contributed by atoms with Gasteiger partial charge in [0.1, 0.15) is 26.7 Å². The summed E-state index contributed by atoms with van der Waals surface area (Å²) in [5.74, 6) is 5.45. The summed E-state index contributed by atoms with van der Waals surface area (Å²) in [7, 11) is 0. The van der Waals surface area contributed by atoms with Crippen molar-refractivity contribution in [3.63, 3.8) is 0 Å². The van der Waals surface area contributed by atoms with Crippen LogP contribution in [0.4, 0.5) is 0 Å². The average molecular weight is 218 g/mol. The molecule has 15 heavy (non-hydrogen) atoms. The van der Waals surface area contributed by atoms with Crippen LogP contribution < -0.4 is 5.84 Å². The number of hydrazine groups is 1. The van der Waals surface area contributed by atoms with Crippen LogP contribution in [0.25, 0.3) is 0 Å². The van der Waals surface area contributed by atoms with E-state index < -0.39 is 0 Å². The van der Waals surface area contributed by atoms with E-state index in [0.717, 1.165) is 20.0 Å². The lowest BCUT2D eigenvalue weighted by atomic mass is 10.7. The Morgan fingerprint density at radius 1 is 0.733 bits per heavy atom. The summed E-state index contributed by atoms with van der Waals surface area (Å²) in [5, 5.41) is 12.0. The fourth-order valence-corrected chi connectivity index (χ4v) is 1.13. The third-order valence-electron chi connectivity index (χ3n) is 1.69. The van der Waals surface area contributed by atoms with E-state index in [4.69, 9.17) is 5.84 Å². The van der Waals surface area contributed by atoms with Gasteiger partial charge in [0, 0.05) is 0 Å². The van der Waals surface area contributed by atoms with Crippen molar-refractivity contribution in [1.82, 2.24) is 20.0 Å². The number of nitroso groups, excluding NO2 is 3. The highest BCUT2D eigenvalue weighted by molar-refractivity contribution is 4.59.